The van der Waals surface area contributed by atoms with Crippen molar-refractivity contribution in [3.05, 3.63) is 57.0 Å². The van der Waals surface area contributed by atoms with Gasteiger partial charge in [0.2, 0.25) is 10.0 Å². The van der Waals surface area contributed by atoms with Crippen molar-refractivity contribution in [3.8, 4) is 0 Å². The molecule has 23 heavy (non-hydrogen) atoms. The average Bonchev–Trinajstić information content (AvgIpc) is 2.95. The van der Waals surface area contributed by atoms with Crippen LogP contribution in [-0.2, 0) is 10.0 Å². The third kappa shape index (κ3) is 4.42. The van der Waals surface area contributed by atoms with Crippen LogP contribution in [0.4, 0.5) is 5.00 Å². The second kappa shape index (κ2) is 6.64. The van der Waals surface area contributed by atoms with Gasteiger partial charge < -0.3 is 0 Å². The normalized spacial score (nSPS) is 11.5. The largest absolute Gasteiger partial charge is 0.324 e. The smallest absolute Gasteiger partial charge is 0.267 e. The number of carbonyl (C=O) groups is 1. The van der Waals surface area contributed by atoms with E-state index in [1.165, 1.54) is 42.6 Å². The monoisotopic (exact) mass is 354 g/mol. The van der Waals surface area contributed by atoms with Crippen molar-refractivity contribution < 1.29 is 18.1 Å². The first kappa shape index (κ1) is 16.7. The molecule has 1 heterocycles. The topological polar surface area (TPSA) is 145 Å². The summed E-state index contributed by atoms with van der Waals surface area (Å²) >= 11 is 0.913. The first-order valence-electron chi connectivity index (χ1n) is 5.98. The molecule has 0 spiro atoms. The Morgan fingerprint density at radius 3 is 2.43 bits per heavy atom. The molecular formula is C12H10N4O5S2. The summed E-state index contributed by atoms with van der Waals surface area (Å²) in [6, 6.07) is 7.83. The van der Waals surface area contributed by atoms with Crippen molar-refractivity contribution in [2.45, 2.75) is 4.90 Å². The van der Waals surface area contributed by atoms with Gasteiger partial charge in [-0.25, -0.2) is 19.0 Å². The average molecular weight is 354 g/mol. The van der Waals surface area contributed by atoms with Crippen LogP contribution in [0.15, 0.2) is 46.4 Å². The third-order valence-corrected chi connectivity index (χ3v) is 4.50. The number of hydrazone groups is 1. The predicted molar refractivity (Wildman–Crippen MR) is 83.8 cm³/mol. The molecular weight excluding hydrogens is 344 g/mol. The molecule has 0 aliphatic heterocycles. The van der Waals surface area contributed by atoms with Crippen molar-refractivity contribution in [2.24, 2.45) is 10.2 Å². The van der Waals surface area contributed by atoms with Gasteiger partial charge in [-0.05, 0) is 30.3 Å². The summed E-state index contributed by atoms with van der Waals surface area (Å²) in [4.78, 5) is 22.2. The number of amides is 1. The highest BCUT2D eigenvalue weighted by Gasteiger charge is 2.10. The molecule has 9 nitrogen and oxygen atoms in total. The summed E-state index contributed by atoms with van der Waals surface area (Å²) in [7, 11) is -3.82. The Kier molecular flexibility index (Phi) is 4.83. The summed E-state index contributed by atoms with van der Waals surface area (Å²) in [6.07, 6.45) is 1.27. The molecule has 1 aromatic carbocycles. The fourth-order valence-electron chi connectivity index (χ4n) is 1.52. The Bertz CT molecular complexity index is 871. The molecule has 0 aliphatic rings. The van der Waals surface area contributed by atoms with E-state index in [0.717, 1.165) is 11.3 Å². The lowest BCUT2D eigenvalue weighted by Gasteiger charge is -2.01. The molecule has 3 N–H and O–H groups in total. The van der Waals surface area contributed by atoms with Crippen LogP contribution in [0.1, 0.15) is 15.2 Å². The number of carbonyl (C=O) groups excluding carboxylic acids is 1. The van der Waals surface area contributed by atoms with Gasteiger partial charge in [-0.3, -0.25) is 14.9 Å². The number of sulfonamides is 1. The van der Waals surface area contributed by atoms with Crippen molar-refractivity contribution in [1.29, 1.82) is 0 Å². The fourth-order valence-corrected chi connectivity index (χ4v) is 2.73. The van der Waals surface area contributed by atoms with Crippen LogP contribution < -0.4 is 10.6 Å². The van der Waals surface area contributed by atoms with Gasteiger partial charge in [0, 0.05) is 11.6 Å². The van der Waals surface area contributed by atoms with Gasteiger partial charge in [0.05, 0.1) is 20.9 Å². The van der Waals surface area contributed by atoms with Crippen LogP contribution in [0.5, 0.6) is 0 Å². The van der Waals surface area contributed by atoms with Crippen LogP contribution in [0.2, 0.25) is 0 Å². The van der Waals surface area contributed by atoms with E-state index in [1.807, 2.05) is 0 Å². The molecule has 0 radical (unpaired) electrons. The molecule has 120 valence electrons. The molecule has 2 rings (SSSR count). The summed E-state index contributed by atoms with van der Waals surface area (Å²) in [6.45, 7) is 0. The maximum absolute atomic E-state index is 11.8. The molecule has 1 aromatic heterocycles. The van der Waals surface area contributed by atoms with Crippen molar-refractivity contribution in [1.82, 2.24) is 5.43 Å². The lowest BCUT2D eigenvalue weighted by Crippen LogP contribution is -2.18. The van der Waals surface area contributed by atoms with Crippen molar-refractivity contribution in [2.75, 3.05) is 0 Å². The Balaban J connectivity index is 2.01. The van der Waals surface area contributed by atoms with Crippen molar-refractivity contribution >= 4 is 38.5 Å². The minimum absolute atomic E-state index is 0.0311. The maximum atomic E-state index is 11.8. The SMILES string of the molecule is NS(=O)(=O)c1ccc(C(=O)NN=Cc2ccc([N+](=O)[O-])s2)cc1. The fraction of sp³-hybridized carbons (Fsp3) is 0. The van der Waals surface area contributed by atoms with Gasteiger partial charge in [0.15, 0.2) is 0 Å². The maximum Gasteiger partial charge on any atom is 0.324 e. The number of primary sulfonamides is 1. The lowest BCUT2D eigenvalue weighted by molar-refractivity contribution is -0.380. The van der Waals surface area contributed by atoms with E-state index in [9.17, 15) is 23.3 Å². The molecule has 0 fully saturated rings. The zero-order chi connectivity index (χ0) is 17.0. The Morgan fingerprint density at radius 1 is 1.26 bits per heavy atom. The number of nitrogens with two attached hydrogens (primary N) is 1. The summed E-state index contributed by atoms with van der Waals surface area (Å²) in [5, 5.41) is 19.1. The van der Waals surface area contributed by atoms with E-state index in [2.05, 4.69) is 10.5 Å². The summed E-state index contributed by atoms with van der Waals surface area (Å²) < 4.78 is 22.2. The Labute approximate surface area is 134 Å². The number of hydrogen-bond acceptors (Lipinski definition) is 7. The van der Waals surface area contributed by atoms with Crippen LogP contribution >= 0.6 is 11.3 Å². The zero-order valence-corrected chi connectivity index (χ0v) is 13.0. The van der Waals surface area contributed by atoms with E-state index in [4.69, 9.17) is 5.14 Å². The van der Waals surface area contributed by atoms with Gasteiger partial charge in [-0.1, -0.05) is 11.3 Å². The van der Waals surface area contributed by atoms with Gasteiger partial charge in [-0.2, -0.15) is 5.10 Å². The molecule has 11 heteroatoms. The summed E-state index contributed by atoms with van der Waals surface area (Å²) in [5.74, 6) is -0.562. The first-order valence-corrected chi connectivity index (χ1v) is 8.34. The van der Waals surface area contributed by atoms with Crippen LogP contribution in [0, 0.1) is 10.1 Å². The number of rotatable bonds is 5. The predicted octanol–water partition coefficient (Wildman–Crippen LogP) is 1.07. The van der Waals surface area contributed by atoms with E-state index in [-0.39, 0.29) is 15.5 Å². The highest BCUT2D eigenvalue weighted by Crippen LogP contribution is 2.22. The second-order valence-electron chi connectivity index (χ2n) is 4.20. The van der Waals surface area contributed by atoms with Crippen LogP contribution in [0.3, 0.4) is 0 Å². The quantitative estimate of drug-likeness (QED) is 0.468. The molecule has 0 aliphatic carbocycles. The molecule has 0 unspecified atom stereocenters. The minimum atomic E-state index is -3.82. The van der Waals surface area contributed by atoms with E-state index in [1.54, 1.807) is 0 Å². The number of thiophene rings is 1. The Hall–Kier alpha value is -2.63. The highest BCUT2D eigenvalue weighted by atomic mass is 32.2. The highest BCUT2D eigenvalue weighted by molar-refractivity contribution is 7.89. The molecule has 0 bridgehead atoms. The molecule has 2 aromatic rings. The molecule has 0 saturated heterocycles. The summed E-state index contributed by atoms with van der Waals surface area (Å²) in [5.41, 5.74) is 2.42. The standard InChI is InChI=1S/C12H10N4O5S2/c13-23(20,21)10-4-1-8(2-5-10)12(17)15-14-7-9-3-6-11(22-9)16(18)19/h1-7H,(H,15,17)(H2,13,20,21). The van der Waals surface area contributed by atoms with Crippen LogP contribution in [-0.4, -0.2) is 25.5 Å². The van der Waals surface area contributed by atoms with Crippen LogP contribution in [0.25, 0.3) is 0 Å². The third-order valence-electron chi connectivity index (χ3n) is 2.60. The molecule has 0 saturated carbocycles. The van der Waals surface area contributed by atoms with Gasteiger partial charge in [0.25, 0.3) is 5.91 Å². The number of nitro groups is 1. The van der Waals surface area contributed by atoms with E-state index < -0.39 is 20.9 Å². The number of benzene rings is 1. The first-order chi connectivity index (χ1) is 10.8. The second-order valence-corrected chi connectivity index (χ2v) is 6.86. The van der Waals surface area contributed by atoms with Gasteiger partial charge in [0.1, 0.15) is 0 Å². The Morgan fingerprint density at radius 2 is 1.91 bits per heavy atom. The number of nitrogens with one attached hydrogen (secondary N) is 1. The van der Waals surface area contributed by atoms with Gasteiger partial charge in [-0.15, -0.1) is 0 Å². The minimum Gasteiger partial charge on any atom is -0.267 e. The van der Waals surface area contributed by atoms with Gasteiger partial charge >= 0.3 is 5.00 Å². The molecule has 0 atom stereocenters. The van der Waals surface area contributed by atoms with Crippen molar-refractivity contribution in [3.63, 3.8) is 0 Å². The zero-order valence-electron chi connectivity index (χ0n) is 11.4. The lowest BCUT2D eigenvalue weighted by atomic mass is 10.2. The van der Waals surface area contributed by atoms with E-state index in [0.29, 0.717) is 4.88 Å². The van der Waals surface area contributed by atoms with E-state index >= 15 is 0 Å². The number of hydrogen-bond donors (Lipinski definition) is 2. The molecule has 1 amide bonds. The number of nitrogens with zero attached hydrogens (tertiary/aromatic N) is 2.